The smallest absolute Gasteiger partial charge is 0.301 e. The number of Topliss-reactive ketones (excluding diaryl/α,β-unsaturated/α-hetero) is 1. The highest BCUT2D eigenvalue weighted by Crippen LogP contribution is 2.47. The number of phenolic OH excluding ortho intramolecular Hbond substituents is 1. The third-order valence-electron chi connectivity index (χ3n) is 6.01. The molecule has 0 bridgehead atoms. The van der Waals surface area contributed by atoms with Crippen molar-refractivity contribution in [2.24, 2.45) is 0 Å². The number of hydrogen-bond donors (Lipinski definition) is 2. The van der Waals surface area contributed by atoms with Crippen LogP contribution in [0.15, 0.2) is 58.8 Å². The minimum Gasteiger partial charge on any atom is -0.507 e. The highest BCUT2D eigenvalue weighted by atomic mass is 79.9. The topological polar surface area (TPSA) is 113 Å². The van der Waals surface area contributed by atoms with Crippen molar-refractivity contribution in [1.29, 1.82) is 0 Å². The van der Waals surface area contributed by atoms with E-state index in [1.807, 2.05) is 26.0 Å². The molecule has 1 atom stereocenters. The van der Waals surface area contributed by atoms with E-state index < -0.39 is 17.7 Å². The molecular weight excluding hydrogens is 546 g/mol. The van der Waals surface area contributed by atoms with Crippen LogP contribution in [0.25, 0.3) is 16.0 Å². The average Bonchev–Trinajstić information content (AvgIpc) is 3.39. The van der Waals surface area contributed by atoms with Crippen molar-refractivity contribution >= 4 is 60.1 Å². The Hall–Kier alpha value is -3.76. The van der Waals surface area contributed by atoms with E-state index in [-0.39, 0.29) is 22.8 Å². The number of aromatic hydroxyl groups is 1. The van der Waals surface area contributed by atoms with Gasteiger partial charge in [0.05, 0.1) is 33.4 Å². The van der Waals surface area contributed by atoms with Crippen molar-refractivity contribution in [2.45, 2.75) is 19.9 Å². The summed E-state index contributed by atoms with van der Waals surface area (Å²) < 4.78 is 6.49. The number of rotatable bonds is 4. The van der Waals surface area contributed by atoms with Crippen LogP contribution in [0, 0.1) is 13.8 Å². The number of aromatic nitrogens is 2. The average molecular weight is 566 g/mol. The Balaban J connectivity index is 1.79. The minimum atomic E-state index is -1.02. The number of nitrogens with zero attached hydrogens (tertiary/aromatic N) is 3. The maximum atomic E-state index is 13.5. The van der Waals surface area contributed by atoms with Gasteiger partial charge in [0, 0.05) is 18.0 Å². The first kappa shape index (κ1) is 24.0. The van der Waals surface area contributed by atoms with Crippen LogP contribution in [-0.4, -0.2) is 39.0 Å². The molecule has 0 aliphatic carbocycles. The number of carbonyl (C=O) groups is 2. The number of carbonyl (C=O) groups excluding carboxylic acids is 2. The van der Waals surface area contributed by atoms with E-state index >= 15 is 0 Å². The lowest BCUT2D eigenvalue weighted by Gasteiger charge is -2.24. The van der Waals surface area contributed by atoms with Gasteiger partial charge in [0.25, 0.3) is 5.78 Å². The van der Waals surface area contributed by atoms with Gasteiger partial charge in [-0.25, -0.2) is 4.98 Å². The summed E-state index contributed by atoms with van der Waals surface area (Å²) in [5, 5.41) is 21.9. The van der Waals surface area contributed by atoms with Gasteiger partial charge in [0.1, 0.15) is 5.76 Å². The van der Waals surface area contributed by atoms with Crippen LogP contribution in [0.3, 0.4) is 0 Å². The molecule has 1 saturated heterocycles. The molecule has 1 aliphatic rings. The number of anilines is 1. The van der Waals surface area contributed by atoms with E-state index in [1.54, 1.807) is 18.2 Å². The molecule has 2 N–H and O–H groups in total. The molecule has 182 valence electrons. The van der Waals surface area contributed by atoms with Crippen LogP contribution in [0.4, 0.5) is 5.13 Å². The number of pyridine rings is 1. The van der Waals surface area contributed by atoms with Crippen LogP contribution in [0.1, 0.15) is 28.3 Å². The third kappa shape index (κ3) is 3.82. The summed E-state index contributed by atoms with van der Waals surface area (Å²) in [5.41, 5.74) is 3.43. The summed E-state index contributed by atoms with van der Waals surface area (Å²) >= 11 is 4.61. The number of ketones is 1. The van der Waals surface area contributed by atoms with E-state index in [1.165, 1.54) is 41.8 Å². The maximum Gasteiger partial charge on any atom is 0.301 e. The summed E-state index contributed by atoms with van der Waals surface area (Å²) in [7, 11) is 1.40. The molecular formula is C26H20BrN3O5S. The number of ether oxygens (including phenoxy) is 1. The number of aliphatic hydroxyl groups excluding tert-OH is 1. The Labute approximate surface area is 218 Å². The summed E-state index contributed by atoms with van der Waals surface area (Å²) in [6.07, 6.45) is 2.97. The molecule has 4 aromatic rings. The Kier molecular flexibility index (Phi) is 6.01. The zero-order chi connectivity index (χ0) is 25.7. The van der Waals surface area contributed by atoms with Gasteiger partial charge in [0.2, 0.25) is 0 Å². The van der Waals surface area contributed by atoms with Crippen molar-refractivity contribution < 1.29 is 24.5 Å². The normalized spacial score (nSPS) is 17.2. The first-order chi connectivity index (χ1) is 17.2. The van der Waals surface area contributed by atoms with Crippen LogP contribution < -0.4 is 9.64 Å². The monoisotopic (exact) mass is 565 g/mol. The number of aliphatic hydroxyl groups is 1. The fourth-order valence-electron chi connectivity index (χ4n) is 4.38. The summed E-state index contributed by atoms with van der Waals surface area (Å²) in [5.74, 6) is -1.97. The Morgan fingerprint density at radius 2 is 1.86 bits per heavy atom. The van der Waals surface area contributed by atoms with E-state index in [2.05, 4.69) is 20.9 Å². The molecule has 10 heteroatoms. The summed E-state index contributed by atoms with van der Waals surface area (Å²) in [6.45, 7) is 3.92. The van der Waals surface area contributed by atoms with Crippen molar-refractivity contribution in [3.63, 3.8) is 0 Å². The van der Waals surface area contributed by atoms with Gasteiger partial charge in [-0.2, -0.15) is 0 Å². The number of halogens is 1. The molecule has 1 aliphatic heterocycles. The highest BCUT2D eigenvalue weighted by Gasteiger charge is 2.48. The Morgan fingerprint density at radius 1 is 1.14 bits per heavy atom. The van der Waals surface area contributed by atoms with Gasteiger partial charge >= 0.3 is 5.91 Å². The van der Waals surface area contributed by atoms with Gasteiger partial charge in [-0.1, -0.05) is 17.4 Å². The number of aryl methyl sites for hydroxylation is 2. The first-order valence-electron chi connectivity index (χ1n) is 10.9. The van der Waals surface area contributed by atoms with Crippen molar-refractivity contribution in [3.8, 4) is 11.5 Å². The summed E-state index contributed by atoms with van der Waals surface area (Å²) in [6, 6.07) is 9.19. The van der Waals surface area contributed by atoms with E-state index in [0.717, 1.165) is 21.3 Å². The van der Waals surface area contributed by atoms with Gasteiger partial charge in [-0.15, -0.1) is 0 Å². The minimum absolute atomic E-state index is 0.0991. The van der Waals surface area contributed by atoms with Crippen molar-refractivity contribution in [1.82, 2.24) is 9.97 Å². The van der Waals surface area contributed by atoms with Crippen molar-refractivity contribution in [3.05, 3.63) is 81.1 Å². The second-order valence-corrected chi connectivity index (χ2v) is 10.2. The summed E-state index contributed by atoms with van der Waals surface area (Å²) in [4.78, 5) is 36.8. The van der Waals surface area contributed by atoms with Gasteiger partial charge in [-0.3, -0.25) is 19.5 Å². The lowest BCUT2D eigenvalue weighted by atomic mass is 9.95. The SMILES string of the molecule is COc1cc(C2/C(=C(\O)c3ccncc3)C(=O)C(=O)N2c2nc3c(C)cc(C)cc3s2)cc(Br)c1O. The molecule has 1 fully saturated rings. The van der Waals surface area contributed by atoms with Crippen LogP contribution >= 0.6 is 27.3 Å². The highest BCUT2D eigenvalue weighted by molar-refractivity contribution is 9.10. The maximum absolute atomic E-state index is 13.5. The lowest BCUT2D eigenvalue weighted by molar-refractivity contribution is -0.132. The molecule has 0 radical (unpaired) electrons. The standard InChI is InChI=1S/C26H20BrN3O5S/c1-12-8-13(2)20-18(9-12)36-26(29-20)30-21(15-10-16(27)23(32)17(11-15)35-3)19(24(33)25(30)34)22(31)14-4-6-28-7-5-14/h4-11,21,31-32H,1-3H3/b22-19+. The zero-order valence-electron chi connectivity index (χ0n) is 19.4. The number of phenols is 1. The van der Waals surface area contributed by atoms with E-state index in [4.69, 9.17) is 9.72 Å². The predicted molar refractivity (Wildman–Crippen MR) is 140 cm³/mol. The molecule has 5 rings (SSSR count). The van der Waals surface area contributed by atoms with Gasteiger partial charge in [0.15, 0.2) is 16.6 Å². The van der Waals surface area contributed by atoms with E-state index in [0.29, 0.717) is 20.7 Å². The molecule has 3 heterocycles. The Morgan fingerprint density at radius 3 is 2.56 bits per heavy atom. The van der Waals surface area contributed by atoms with Crippen molar-refractivity contribution in [2.75, 3.05) is 12.0 Å². The first-order valence-corrected chi connectivity index (χ1v) is 12.5. The molecule has 2 aromatic carbocycles. The second-order valence-electron chi connectivity index (χ2n) is 8.38. The number of thiazole rings is 1. The number of methoxy groups -OCH3 is 1. The number of hydrogen-bond acceptors (Lipinski definition) is 8. The van der Waals surface area contributed by atoms with Crippen LogP contribution in [0.2, 0.25) is 0 Å². The van der Waals surface area contributed by atoms with Crippen LogP contribution in [-0.2, 0) is 9.59 Å². The molecule has 2 aromatic heterocycles. The van der Waals surface area contributed by atoms with Gasteiger partial charge < -0.3 is 14.9 Å². The third-order valence-corrected chi connectivity index (χ3v) is 7.62. The van der Waals surface area contributed by atoms with Gasteiger partial charge in [-0.05, 0) is 76.8 Å². The zero-order valence-corrected chi connectivity index (χ0v) is 21.8. The molecule has 1 amide bonds. The molecule has 1 unspecified atom stereocenters. The van der Waals surface area contributed by atoms with E-state index in [9.17, 15) is 19.8 Å². The Bertz CT molecular complexity index is 1580. The number of fused-ring (bicyclic) bond motifs is 1. The second kappa shape index (κ2) is 9.03. The number of benzene rings is 2. The quantitative estimate of drug-likeness (QED) is 0.193. The lowest BCUT2D eigenvalue weighted by Crippen LogP contribution is -2.29. The fraction of sp³-hybridized carbons (Fsp3) is 0.154. The molecule has 36 heavy (non-hydrogen) atoms. The molecule has 8 nitrogen and oxygen atoms in total. The number of amides is 1. The van der Waals surface area contributed by atoms with Crippen LogP contribution in [0.5, 0.6) is 11.5 Å². The predicted octanol–water partition coefficient (Wildman–Crippen LogP) is 5.41. The fourth-order valence-corrected chi connectivity index (χ4v) is 6.01. The molecule has 0 spiro atoms. The molecule has 0 saturated carbocycles. The largest absolute Gasteiger partial charge is 0.507 e.